The van der Waals surface area contributed by atoms with Gasteiger partial charge in [0.15, 0.2) is 0 Å². The van der Waals surface area contributed by atoms with Crippen molar-refractivity contribution in [3.8, 4) is 0 Å². The lowest BCUT2D eigenvalue weighted by molar-refractivity contribution is -0.890. The first-order valence-electron chi connectivity index (χ1n) is 23.5. The van der Waals surface area contributed by atoms with Gasteiger partial charge in [0.1, 0.15) is 19.8 Å². The maximum absolute atomic E-state index is 13.2. The number of likely N-dealkylation sites (N-methyl/N-ethyl adjacent to an activating group) is 1. The zero-order valence-electron chi connectivity index (χ0n) is 37.9. The van der Waals surface area contributed by atoms with E-state index in [-0.39, 0.29) is 67.7 Å². The second kappa shape index (κ2) is 42.4. The Balaban J connectivity index is 0. The molecular formula is C48H91BrN2O6. The normalized spacial score (nSPS) is 11.9. The van der Waals surface area contributed by atoms with Gasteiger partial charge >= 0.3 is 11.9 Å². The van der Waals surface area contributed by atoms with Crippen LogP contribution in [-0.4, -0.2) is 92.4 Å². The van der Waals surface area contributed by atoms with Crippen LogP contribution in [0, 0.1) is 0 Å². The van der Waals surface area contributed by atoms with E-state index in [2.05, 4.69) is 39.0 Å². The van der Waals surface area contributed by atoms with Crippen LogP contribution in [0.15, 0.2) is 23.8 Å². The second-order valence-electron chi connectivity index (χ2n) is 16.9. The third kappa shape index (κ3) is 40.8. The monoisotopic (exact) mass is 871 g/mol. The predicted molar refractivity (Wildman–Crippen MR) is 236 cm³/mol. The highest BCUT2D eigenvalue weighted by molar-refractivity contribution is 5.76. The zero-order chi connectivity index (χ0) is 41.4. The molecule has 1 amide bonds. The van der Waals surface area contributed by atoms with Crippen molar-refractivity contribution >= 4 is 17.8 Å². The van der Waals surface area contributed by atoms with Crippen molar-refractivity contribution in [1.29, 1.82) is 0 Å². The van der Waals surface area contributed by atoms with E-state index in [1.54, 1.807) is 4.90 Å². The van der Waals surface area contributed by atoms with Gasteiger partial charge in [0.2, 0.25) is 5.91 Å². The Hall–Kier alpha value is -1.71. The van der Waals surface area contributed by atoms with Gasteiger partial charge in [-0.3, -0.25) is 14.4 Å². The molecule has 0 aromatic rings. The largest absolute Gasteiger partial charge is 1.00 e. The van der Waals surface area contributed by atoms with Gasteiger partial charge in [-0.25, -0.2) is 0 Å². The Kier molecular flexibility index (Phi) is 42.7. The third-order valence-electron chi connectivity index (χ3n) is 10.9. The highest BCUT2D eigenvalue weighted by atomic mass is 79.9. The molecule has 0 aromatic heterocycles. The summed E-state index contributed by atoms with van der Waals surface area (Å²) in [5, 5.41) is 9.38. The standard InChI is InChI=1S/C48H91N2O6.BrH/c1-6-8-10-12-14-15-16-17-18-19-20-21-23-27-31-35-47(53)55-43-38-49(46(52)37-40-50(4,5)41-42-51)39-44-56-48(54)36-32-28-24-26-30-34-45(3)33-29-25-22-13-11-9-7-2;/h17-18,33,51H,6-16,19-32,34-44H2,1-5H3;1H/q+1;/p-1/b18-17-,45-33+;. The fourth-order valence-corrected chi connectivity index (χ4v) is 6.90. The fraction of sp³-hybridized carbons (Fsp3) is 0.854. The topological polar surface area (TPSA) is 93.1 Å². The van der Waals surface area contributed by atoms with Crippen LogP contribution < -0.4 is 17.0 Å². The number of rotatable bonds is 41. The number of halogens is 1. The molecule has 57 heavy (non-hydrogen) atoms. The minimum Gasteiger partial charge on any atom is -1.00 e. The summed E-state index contributed by atoms with van der Waals surface area (Å²) in [5.41, 5.74) is 1.51. The molecule has 0 aliphatic carbocycles. The maximum Gasteiger partial charge on any atom is 0.305 e. The number of hydrogen-bond acceptors (Lipinski definition) is 6. The van der Waals surface area contributed by atoms with Gasteiger partial charge in [-0.05, 0) is 71.1 Å². The minimum absolute atomic E-state index is 0. The molecule has 0 radical (unpaired) electrons. The second-order valence-corrected chi connectivity index (χ2v) is 16.9. The number of carbonyl (C=O) groups excluding carboxylic acids is 3. The van der Waals surface area contributed by atoms with Crippen molar-refractivity contribution in [2.24, 2.45) is 0 Å². The molecule has 336 valence electrons. The zero-order valence-corrected chi connectivity index (χ0v) is 39.5. The molecule has 0 atom stereocenters. The number of quaternary nitrogens is 1. The highest BCUT2D eigenvalue weighted by Gasteiger charge is 2.21. The molecule has 0 saturated carbocycles. The van der Waals surface area contributed by atoms with E-state index in [1.807, 2.05) is 14.1 Å². The van der Waals surface area contributed by atoms with Crippen molar-refractivity contribution in [3.05, 3.63) is 23.8 Å². The van der Waals surface area contributed by atoms with Crippen molar-refractivity contribution in [1.82, 2.24) is 4.90 Å². The molecule has 0 bridgehead atoms. The van der Waals surface area contributed by atoms with Gasteiger partial charge < -0.3 is 40.9 Å². The van der Waals surface area contributed by atoms with Gasteiger partial charge in [0.05, 0.1) is 46.8 Å². The molecule has 1 N–H and O–H groups in total. The smallest absolute Gasteiger partial charge is 0.305 e. The lowest BCUT2D eigenvalue weighted by atomic mass is 10.0. The van der Waals surface area contributed by atoms with Crippen LogP contribution in [0.5, 0.6) is 0 Å². The molecule has 0 aliphatic heterocycles. The number of unbranched alkanes of at least 4 members (excludes halogenated alkanes) is 21. The number of hydrogen-bond donors (Lipinski definition) is 1. The minimum atomic E-state index is -0.225. The van der Waals surface area contributed by atoms with Gasteiger partial charge in [-0.2, -0.15) is 0 Å². The fourth-order valence-electron chi connectivity index (χ4n) is 6.90. The average Bonchev–Trinajstić information content (AvgIpc) is 3.17. The van der Waals surface area contributed by atoms with Crippen LogP contribution in [-0.2, 0) is 23.9 Å². The third-order valence-corrected chi connectivity index (χ3v) is 10.9. The Morgan fingerprint density at radius 3 is 1.40 bits per heavy atom. The van der Waals surface area contributed by atoms with Crippen molar-refractivity contribution in [2.75, 3.05) is 60.1 Å². The van der Waals surface area contributed by atoms with Gasteiger partial charge in [-0.1, -0.05) is 140 Å². The number of ether oxygens (including phenoxy) is 2. The summed E-state index contributed by atoms with van der Waals surface area (Å²) in [6.07, 6.45) is 39.8. The number of aliphatic hydroxyl groups is 1. The molecule has 0 heterocycles. The molecule has 9 heteroatoms. The first kappa shape index (κ1) is 57.4. The quantitative estimate of drug-likeness (QED) is 0.0286. The lowest BCUT2D eigenvalue weighted by Gasteiger charge is -2.30. The molecular weight excluding hydrogens is 780 g/mol. The van der Waals surface area contributed by atoms with Crippen LogP contribution in [0.2, 0.25) is 0 Å². The lowest BCUT2D eigenvalue weighted by Crippen LogP contribution is -3.00. The number of carbonyl (C=O) groups is 3. The van der Waals surface area contributed by atoms with Crippen LogP contribution in [0.4, 0.5) is 0 Å². The molecule has 0 rings (SSSR count). The molecule has 0 aromatic carbocycles. The Labute approximate surface area is 362 Å². The van der Waals surface area contributed by atoms with Crippen LogP contribution in [0.25, 0.3) is 0 Å². The van der Waals surface area contributed by atoms with E-state index in [0.29, 0.717) is 36.8 Å². The summed E-state index contributed by atoms with van der Waals surface area (Å²) in [6, 6.07) is 0. The summed E-state index contributed by atoms with van der Waals surface area (Å²) in [5.74, 6) is -0.513. The highest BCUT2D eigenvalue weighted by Crippen LogP contribution is 2.15. The Bertz CT molecular complexity index is 1000. The number of amides is 1. The van der Waals surface area contributed by atoms with E-state index in [9.17, 15) is 19.5 Å². The maximum atomic E-state index is 13.2. The number of allylic oxidation sites excluding steroid dienone is 4. The van der Waals surface area contributed by atoms with E-state index in [1.165, 1.54) is 128 Å². The SMILES string of the molecule is CCCCCCCC/C=C\CCCCCCCC(=O)OCCN(CCOC(=O)CCCCCCC/C(C)=C/CCCCCCCC)C(=O)CC[N+](C)(C)CCO.[Br-]. The first-order chi connectivity index (χ1) is 27.1. The van der Waals surface area contributed by atoms with Crippen molar-refractivity contribution in [3.63, 3.8) is 0 Å². The van der Waals surface area contributed by atoms with E-state index in [0.717, 1.165) is 44.9 Å². The summed E-state index contributed by atoms with van der Waals surface area (Å²) >= 11 is 0. The summed E-state index contributed by atoms with van der Waals surface area (Å²) in [6.45, 7) is 8.79. The van der Waals surface area contributed by atoms with E-state index in [4.69, 9.17) is 9.47 Å². The number of esters is 2. The van der Waals surface area contributed by atoms with Crippen molar-refractivity contribution in [2.45, 2.75) is 207 Å². The molecule has 0 unspecified atom stereocenters. The number of nitrogens with zero attached hydrogens (tertiary/aromatic N) is 2. The summed E-state index contributed by atoms with van der Waals surface area (Å²) in [7, 11) is 3.98. The van der Waals surface area contributed by atoms with Gasteiger partial charge in [-0.15, -0.1) is 0 Å². The Morgan fingerprint density at radius 1 is 0.544 bits per heavy atom. The molecule has 0 fully saturated rings. The Morgan fingerprint density at radius 2 is 0.947 bits per heavy atom. The average molecular weight is 872 g/mol. The van der Waals surface area contributed by atoms with Gasteiger partial charge in [0.25, 0.3) is 0 Å². The van der Waals surface area contributed by atoms with Crippen LogP contribution in [0.1, 0.15) is 207 Å². The van der Waals surface area contributed by atoms with E-state index < -0.39 is 0 Å². The first-order valence-corrected chi connectivity index (χ1v) is 23.5. The van der Waals surface area contributed by atoms with E-state index >= 15 is 0 Å². The van der Waals surface area contributed by atoms with Gasteiger partial charge in [0, 0.05) is 12.8 Å². The van der Waals surface area contributed by atoms with Crippen LogP contribution in [0.3, 0.4) is 0 Å². The molecule has 0 saturated heterocycles. The molecule has 0 aliphatic rings. The van der Waals surface area contributed by atoms with Crippen molar-refractivity contribution < 1.29 is 50.4 Å². The summed E-state index contributed by atoms with van der Waals surface area (Å²) in [4.78, 5) is 39.7. The molecule has 0 spiro atoms. The van der Waals surface area contributed by atoms with Crippen LogP contribution >= 0.6 is 0 Å². The summed E-state index contributed by atoms with van der Waals surface area (Å²) < 4.78 is 11.6. The predicted octanol–water partition coefficient (Wildman–Crippen LogP) is 8.83. The molecule has 8 nitrogen and oxygen atoms in total. The number of aliphatic hydroxyl groups excluding tert-OH is 1.